The Morgan fingerprint density at radius 3 is 2.64 bits per heavy atom. The molecule has 0 unspecified atom stereocenters. The number of halogens is 1. The summed E-state index contributed by atoms with van der Waals surface area (Å²) >= 11 is 7.70. The van der Waals surface area contributed by atoms with Crippen LogP contribution in [0.15, 0.2) is 24.3 Å². The number of unbranched alkanes of at least 4 members (excludes halogenated alkanes) is 1. The lowest BCUT2D eigenvalue weighted by Gasteiger charge is -2.00. The molecule has 0 spiro atoms. The lowest BCUT2D eigenvalue weighted by molar-refractivity contribution is 0.997. The first-order valence-corrected chi connectivity index (χ1v) is 6.12. The molecule has 0 saturated carbocycles. The number of hydrogen-bond acceptors (Lipinski definition) is 1. The van der Waals surface area contributed by atoms with E-state index in [9.17, 15) is 0 Å². The molecule has 0 atom stereocenters. The van der Waals surface area contributed by atoms with Crippen molar-refractivity contribution in [3.8, 4) is 12.3 Å². The van der Waals surface area contributed by atoms with Crippen LogP contribution in [-0.2, 0) is 5.75 Å². The molecule has 0 aliphatic carbocycles. The van der Waals surface area contributed by atoms with Crippen LogP contribution >= 0.6 is 23.4 Å². The van der Waals surface area contributed by atoms with Crippen LogP contribution in [0, 0.1) is 12.3 Å². The second kappa shape index (κ2) is 6.81. The van der Waals surface area contributed by atoms with Crippen molar-refractivity contribution in [1.29, 1.82) is 0 Å². The Balaban J connectivity index is 2.19. The fourth-order valence-corrected chi connectivity index (χ4v) is 2.09. The summed E-state index contributed by atoms with van der Waals surface area (Å²) in [5.74, 6) is 4.82. The number of thioether (sulfide) groups is 1. The highest BCUT2D eigenvalue weighted by Gasteiger charge is 1.93. The van der Waals surface area contributed by atoms with E-state index in [0.717, 1.165) is 29.4 Å². The van der Waals surface area contributed by atoms with Crippen LogP contribution in [0.2, 0.25) is 5.02 Å². The molecule has 0 N–H and O–H groups in total. The summed E-state index contributed by atoms with van der Waals surface area (Å²) in [4.78, 5) is 0. The maximum atomic E-state index is 5.79. The Morgan fingerprint density at radius 2 is 2.00 bits per heavy atom. The number of rotatable bonds is 5. The van der Waals surface area contributed by atoms with Gasteiger partial charge >= 0.3 is 0 Å². The summed E-state index contributed by atoms with van der Waals surface area (Å²) in [6.07, 6.45) is 7.15. The van der Waals surface area contributed by atoms with E-state index in [4.69, 9.17) is 18.0 Å². The smallest absolute Gasteiger partial charge is 0.0406 e. The first kappa shape index (κ1) is 11.5. The third-order valence-corrected chi connectivity index (χ3v) is 3.16. The minimum Gasteiger partial charge on any atom is -0.157 e. The van der Waals surface area contributed by atoms with Gasteiger partial charge < -0.3 is 0 Å². The van der Waals surface area contributed by atoms with E-state index in [-0.39, 0.29) is 0 Å². The minimum absolute atomic E-state index is 0.797. The molecule has 0 saturated heterocycles. The van der Waals surface area contributed by atoms with E-state index in [0.29, 0.717) is 0 Å². The topological polar surface area (TPSA) is 0 Å². The summed E-state index contributed by atoms with van der Waals surface area (Å²) in [6.45, 7) is 0. The Morgan fingerprint density at radius 1 is 1.29 bits per heavy atom. The van der Waals surface area contributed by atoms with Crippen LogP contribution in [0.1, 0.15) is 18.4 Å². The van der Waals surface area contributed by atoms with Gasteiger partial charge in [-0.3, -0.25) is 0 Å². The van der Waals surface area contributed by atoms with Gasteiger partial charge in [-0.1, -0.05) is 23.7 Å². The molecule has 0 fully saturated rings. The molecule has 14 heavy (non-hydrogen) atoms. The van der Waals surface area contributed by atoms with Gasteiger partial charge in [0, 0.05) is 17.2 Å². The van der Waals surface area contributed by atoms with Gasteiger partial charge in [0.1, 0.15) is 0 Å². The van der Waals surface area contributed by atoms with Gasteiger partial charge in [0.15, 0.2) is 0 Å². The summed E-state index contributed by atoms with van der Waals surface area (Å²) in [6, 6.07) is 7.99. The average Bonchev–Trinajstić information content (AvgIpc) is 2.21. The lowest BCUT2D eigenvalue weighted by atomic mass is 10.2. The van der Waals surface area contributed by atoms with Gasteiger partial charge in [-0.25, -0.2) is 0 Å². The zero-order valence-electron chi connectivity index (χ0n) is 8.00. The van der Waals surface area contributed by atoms with Gasteiger partial charge in [-0.15, -0.1) is 12.3 Å². The maximum absolute atomic E-state index is 5.79. The SMILES string of the molecule is C#CCCCSCc1ccc(Cl)cc1. The highest BCUT2D eigenvalue weighted by Crippen LogP contribution is 2.16. The van der Waals surface area contributed by atoms with Crippen molar-refractivity contribution < 1.29 is 0 Å². The van der Waals surface area contributed by atoms with Crippen molar-refractivity contribution in [1.82, 2.24) is 0 Å². The number of benzene rings is 1. The molecule has 0 aliphatic rings. The van der Waals surface area contributed by atoms with E-state index in [2.05, 4.69) is 18.1 Å². The molecule has 2 heteroatoms. The van der Waals surface area contributed by atoms with Crippen molar-refractivity contribution in [2.24, 2.45) is 0 Å². The molecule has 1 aromatic carbocycles. The molecular formula is C12H13ClS. The first-order valence-electron chi connectivity index (χ1n) is 4.58. The van der Waals surface area contributed by atoms with Crippen LogP contribution in [0.4, 0.5) is 0 Å². The summed E-state index contributed by atoms with van der Waals surface area (Å²) in [5.41, 5.74) is 1.32. The van der Waals surface area contributed by atoms with E-state index in [1.165, 1.54) is 5.56 Å². The van der Waals surface area contributed by atoms with Crippen molar-refractivity contribution in [3.63, 3.8) is 0 Å². The summed E-state index contributed by atoms with van der Waals surface area (Å²) in [5, 5.41) is 0.797. The van der Waals surface area contributed by atoms with E-state index >= 15 is 0 Å². The van der Waals surface area contributed by atoms with Crippen molar-refractivity contribution in [2.75, 3.05) is 5.75 Å². The molecule has 0 nitrogen and oxygen atoms in total. The lowest BCUT2D eigenvalue weighted by Crippen LogP contribution is -1.83. The Labute approximate surface area is 95.0 Å². The molecular weight excluding hydrogens is 212 g/mol. The standard InChI is InChI=1S/C12H13ClS/c1-2-3-4-9-14-10-11-5-7-12(13)8-6-11/h1,5-8H,3-4,9-10H2. The molecule has 0 amide bonds. The van der Waals surface area contributed by atoms with Crippen LogP contribution in [0.3, 0.4) is 0 Å². The highest BCUT2D eigenvalue weighted by atomic mass is 35.5. The Kier molecular flexibility index (Phi) is 5.59. The highest BCUT2D eigenvalue weighted by molar-refractivity contribution is 7.98. The predicted molar refractivity (Wildman–Crippen MR) is 65.7 cm³/mol. The molecule has 1 rings (SSSR count). The van der Waals surface area contributed by atoms with Gasteiger partial charge in [0.05, 0.1) is 0 Å². The maximum Gasteiger partial charge on any atom is 0.0406 e. The largest absolute Gasteiger partial charge is 0.157 e. The zero-order chi connectivity index (χ0) is 10.2. The average molecular weight is 225 g/mol. The summed E-state index contributed by atoms with van der Waals surface area (Å²) < 4.78 is 0. The molecule has 0 aromatic heterocycles. The van der Waals surface area contributed by atoms with Gasteiger partial charge in [0.25, 0.3) is 0 Å². The predicted octanol–water partition coefficient (Wildman–Crippen LogP) is 3.99. The van der Waals surface area contributed by atoms with E-state index < -0.39 is 0 Å². The van der Waals surface area contributed by atoms with E-state index in [1.807, 2.05) is 23.9 Å². The monoisotopic (exact) mass is 224 g/mol. The van der Waals surface area contributed by atoms with Crippen LogP contribution in [-0.4, -0.2) is 5.75 Å². The normalized spacial score (nSPS) is 9.71. The van der Waals surface area contributed by atoms with Crippen LogP contribution in [0.5, 0.6) is 0 Å². The fraction of sp³-hybridized carbons (Fsp3) is 0.333. The molecule has 0 radical (unpaired) electrons. The fourth-order valence-electron chi connectivity index (χ4n) is 1.05. The Bertz CT molecular complexity index is 297. The van der Waals surface area contributed by atoms with E-state index in [1.54, 1.807) is 0 Å². The molecule has 74 valence electrons. The second-order valence-electron chi connectivity index (χ2n) is 2.99. The van der Waals surface area contributed by atoms with Crippen LogP contribution < -0.4 is 0 Å². The third kappa shape index (κ3) is 4.60. The van der Waals surface area contributed by atoms with Gasteiger partial charge in [0.2, 0.25) is 0 Å². The summed E-state index contributed by atoms with van der Waals surface area (Å²) in [7, 11) is 0. The van der Waals surface area contributed by atoms with Crippen LogP contribution in [0.25, 0.3) is 0 Å². The van der Waals surface area contributed by atoms with Crippen molar-refractivity contribution >= 4 is 23.4 Å². The van der Waals surface area contributed by atoms with Gasteiger partial charge in [-0.05, 0) is 29.9 Å². The van der Waals surface area contributed by atoms with Crippen molar-refractivity contribution in [3.05, 3.63) is 34.9 Å². The first-order chi connectivity index (χ1) is 6.83. The molecule has 0 aliphatic heterocycles. The van der Waals surface area contributed by atoms with Crippen molar-refractivity contribution in [2.45, 2.75) is 18.6 Å². The molecule has 0 heterocycles. The zero-order valence-corrected chi connectivity index (χ0v) is 9.57. The Hall–Kier alpha value is -0.580. The molecule has 1 aromatic rings. The number of hydrogen-bond donors (Lipinski definition) is 0. The molecule has 0 bridgehead atoms. The quantitative estimate of drug-likeness (QED) is 0.539. The minimum atomic E-state index is 0.797. The van der Waals surface area contributed by atoms with Gasteiger partial charge in [-0.2, -0.15) is 11.8 Å². The third-order valence-electron chi connectivity index (χ3n) is 1.79. The second-order valence-corrected chi connectivity index (χ2v) is 4.53. The number of terminal acetylenes is 1.